The van der Waals surface area contributed by atoms with Gasteiger partial charge < -0.3 is 14.5 Å². The van der Waals surface area contributed by atoms with E-state index in [0.29, 0.717) is 18.7 Å². The predicted molar refractivity (Wildman–Crippen MR) is 98.5 cm³/mol. The molecule has 0 bridgehead atoms. The van der Waals surface area contributed by atoms with Gasteiger partial charge in [-0.25, -0.2) is 0 Å². The third-order valence-corrected chi connectivity index (χ3v) is 4.06. The minimum Gasteiger partial charge on any atom is -0.405 e. The maximum atomic E-state index is 12.7. The summed E-state index contributed by atoms with van der Waals surface area (Å²) in [5.74, 6) is -0.151. The molecule has 0 radical (unpaired) electrons. The van der Waals surface area contributed by atoms with Crippen molar-refractivity contribution in [1.82, 2.24) is 4.90 Å². The van der Waals surface area contributed by atoms with Crippen molar-refractivity contribution >= 4 is 5.69 Å². The van der Waals surface area contributed by atoms with Gasteiger partial charge in [0.1, 0.15) is 5.75 Å². The average Bonchev–Trinajstić information content (AvgIpc) is 2.58. The zero-order valence-electron chi connectivity index (χ0n) is 15.4. The summed E-state index contributed by atoms with van der Waals surface area (Å²) in [6.45, 7) is 3.90. The summed E-state index contributed by atoms with van der Waals surface area (Å²) in [6.07, 6.45) is -3.80. The highest BCUT2D eigenvalue weighted by Gasteiger charge is 2.32. The van der Waals surface area contributed by atoms with Crippen LogP contribution in [-0.2, 0) is 13.0 Å². The molecule has 0 amide bonds. The number of hydrogen-bond acceptors (Lipinski definition) is 3. The van der Waals surface area contributed by atoms with Gasteiger partial charge in [0.25, 0.3) is 0 Å². The number of aryl methyl sites for hydroxylation is 1. The summed E-state index contributed by atoms with van der Waals surface area (Å²) in [6, 6.07) is 14.4. The van der Waals surface area contributed by atoms with Crippen LogP contribution in [0.15, 0.2) is 48.5 Å². The van der Waals surface area contributed by atoms with Gasteiger partial charge in [0, 0.05) is 30.9 Å². The van der Waals surface area contributed by atoms with E-state index in [-0.39, 0.29) is 5.75 Å². The second kappa shape index (κ2) is 8.94. The Bertz CT molecular complexity index is 701. The van der Waals surface area contributed by atoms with Crippen LogP contribution in [-0.4, -0.2) is 38.4 Å². The normalized spacial score (nSPS) is 11.7. The number of alkyl halides is 3. The Balaban J connectivity index is 2.29. The van der Waals surface area contributed by atoms with Crippen molar-refractivity contribution in [1.29, 1.82) is 0 Å². The molecule has 142 valence electrons. The zero-order chi connectivity index (χ0) is 19.2. The Labute approximate surface area is 153 Å². The SMILES string of the molecule is CCc1cccc(N(CCN(C)C)Cc2ccccc2OC(F)(F)F)c1. The van der Waals surface area contributed by atoms with Crippen LogP contribution in [0, 0.1) is 0 Å². The molecule has 0 aliphatic heterocycles. The van der Waals surface area contributed by atoms with E-state index in [4.69, 9.17) is 0 Å². The zero-order valence-corrected chi connectivity index (χ0v) is 15.4. The fourth-order valence-corrected chi connectivity index (χ4v) is 2.66. The molecule has 0 aliphatic carbocycles. The highest BCUT2D eigenvalue weighted by molar-refractivity contribution is 5.50. The molecule has 0 heterocycles. The topological polar surface area (TPSA) is 15.7 Å². The van der Waals surface area contributed by atoms with Crippen LogP contribution < -0.4 is 9.64 Å². The molecule has 6 heteroatoms. The first-order valence-corrected chi connectivity index (χ1v) is 8.60. The third-order valence-electron chi connectivity index (χ3n) is 4.06. The van der Waals surface area contributed by atoms with Gasteiger partial charge >= 0.3 is 6.36 Å². The Hall–Kier alpha value is -2.21. The Morgan fingerprint density at radius 2 is 1.69 bits per heavy atom. The summed E-state index contributed by atoms with van der Waals surface area (Å²) in [5.41, 5.74) is 2.69. The quantitative estimate of drug-likeness (QED) is 0.673. The second-order valence-electron chi connectivity index (χ2n) is 6.40. The van der Waals surface area contributed by atoms with E-state index in [0.717, 1.165) is 18.7 Å². The molecular formula is C20H25F3N2O. The number of nitrogens with zero attached hydrogens (tertiary/aromatic N) is 2. The molecular weight excluding hydrogens is 341 g/mol. The highest BCUT2D eigenvalue weighted by atomic mass is 19.4. The van der Waals surface area contributed by atoms with E-state index < -0.39 is 6.36 Å². The second-order valence-corrected chi connectivity index (χ2v) is 6.40. The summed E-state index contributed by atoms with van der Waals surface area (Å²) in [4.78, 5) is 4.13. The molecule has 0 saturated heterocycles. The van der Waals surface area contributed by atoms with E-state index >= 15 is 0 Å². The highest BCUT2D eigenvalue weighted by Crippen LogP contribution is 2.28. The van der Waals surface area contributed by atoms with Crippen molar-refractivity contribution in [2.24, 2.45) is 0 Å². The van der Waals surface area contributed by atoms with Gasteiger partial charge in [0.15, 0.2) is 0 Å². The lowest BCUT2D eigenvalue weighted by molar-refractivity contribution is -0.274. The van der Waals surface area contributed by atoms with Crippen molar-refractivity contribution in [2.45, 2.75) is 26.3 Å². The van der Waals surface area contributed by atoms with Crippen molar-refractivity contribution in [3.05, 3.63) is 59.7 Å². The molecule has 0 aliphatic rings. The number of likely N-dealkylation sites (N-methyl/N-ethyl adjacent to an activating group) is 1. The number of benzene rings is 2. The van der Waals surface area contributed by atoms with E-state index in [2.05, 4.69) is 27.5 Å². The Morgan fingerprint density at radius 1 is 0.962 bits per heavy atom. The molecule has 0 spiro atoms. The fraction of sp³-hybridized carbons (Fsp3) is 0.400. The monoisotopic (exact) mass is 366 g/mol. The maximum Gasteiger partial charge on any atom is 0.573 e. The lowest BCUT2D eigenvalue weighted by atomic mass is 10.1. The first kappa shape index (κ1) is 20.1. The van der Waals surface area contributed by atoms with Crippen LogP contribution in [0.4, 0.5) is 18.9 Å². The van der Waals surface area contributed by atoms with Crippen molar-refractivity contribution in [3.63, 3.8) is 0 Å². The largest absolute Gasteiger partial charge is 0.573 e. The van der Waals surface area contributed by atoms with Gasteiger partial charge in [-0.05, 0) is 44.3 Å². The van der Waals surface area contributed by atoms with E-state index in [1.165, 1.54) is 11.6 Å². The molecule has 0 aromatic heterocycles. The van der Waals surface area contributed by atoms with Gasteiger partial charge in [-0.1, -0.05) is 37.3 Å². The lowest BCUT2D eigenvalue weighted by Gasteiger charge is -2.28. The summed E-state index contributed by atoms with van der Waals surface area (Å²) in [5, 5.41) is 0. The van der Waals surface area contributed by atoms with Gasteiger partial charge in [0.2, 0.25) is 0 Å². The number of ether oxygens (including phenoxy) is 1. The molecule has 26 heavy (non-hydrogen) atoms. The third kappa shape index (κ3) is 6.26. The predicted octanol–water partition coefficient (Wildman–Crippen LogP) is 4.72. The average molecular weight is 366 g/mol. The summed E-state index contributed by atoms with van der Waals surface area (Å²) < 4.78 is 42.3. The van der Waals surface area contributed by atoms with Crippen LogP contribution in [0.3, 0.4) is 0 Å². The summed E-state index contributed by atoms with van der Waals surface area (Å²) >= 11 is 0. The van der Waals surface area contributed by atoms with Crippen molar-refractivity contribution in [2.75, 3.05) is 32.1 Å². The Morgan fingerprint density at radius 3 is 2.35 bits per heavy atom. The minimum absolute atomic E-state index is 0.151. The number of anilines is 1. The Kier molecular flexibility index (Phi) is 6.91. The van der Waals surface area contributed by atoms with E-state index in [1.54, 1.807) is 18.2 Å². The molecule has 0 atom stereocenters. The van der Waals surface area contributed by atoms with Gasteiger partial charge in [-0.2, -0.15) is 0 Å². The van der Waals surface area contributed by atoms with E-state index in [1.807, 2.05) is 32.3 Å². The molecule has 2 aromatic rings. The molecule has 0 unspecified atom stereocenters. The smallest absolute Gasteiger partial charge is 0.405 e. The molecule has 2 rings (SSSR count). The molecule has 2 aromatic carbocycles. The van der Waals surface area contributed by atoms with Crippen LogP contribution in [0.1, 0.15) is 18.1 Å². The summed E-state index contributed by atoms with van der Waals surface area (Å²) in [7, 11) is 3.95. The number of para-hydroxylation sites is 1. The van der Waals surface area contributed by atoms with Gasteiger partial charge in [-0.15, -0.1) is 13.2 Å². The van der Waals surface area contributed by atoms with Crippen molar-refractivity contribution in [3.8, 4) is 5.75 Å². The van der Waals surface area contributed by atoms with Crippen LogP contribution in [0.5, 0.6) is 5.75 Å². The molecule has 0 fully saturated rings. The van der Waals surface area contributed by atoms with Crippen LogP contribution in [0.25, 0.3) is 0 Å². The van der Waals surface area contributed by atoms with Gasteiger partial charge in [0.05, 0.1) is 0 Å². The maximum absolute atomic E-state index is 12.7. The van der Waals surface area contributed by atoms with Crippen LogP contribution >= 0.6 is 0 Å². The molecule has 3 nitrogen and oxygen atoms in total. The van der Waals surface area contributed by atoms with E-state index in [9.17, 15) is 13.2 Å². The van der Waals surface area contributed by atoms with Gasteiger partial charge in [-0.3, -0.25) is 0 Å². The fourth-order valence-electron chi connectivity index (χ4n) is 2.66. The molecule has 0 saturated carbocycles. The standard InChI is InChI=1S/C20H25F3N2O/c1-4-16-8-7-10-18(14-16)25(13-12-24(2)3)15-17-9-5-6-11-19(17)26-20(21,22)23/h5-11,14H,4,12-13,15H2,1-3H3. The first-order chi connectivity index (χ1) is 12.3. The number of halogens is 3. The van der Waals surface area contributed by atoms with Crippen molar-refractivity contribution < 1.29 is 17.9 Å². The lowest BCUT2D eigenvalue weighted by Crippen LogP contribution is -2.31. The number of rotatable bonds is 8. The van der Waals surface area contributed by atoms with Crippen LogP contribution in [0.2, 0.25) is 0 Å². The first-order valence-electron chi connectivity index (χ1n) is 8.60. The molecule has 0 N–H and O–H groups in total. The minimum atomic E-state index is -4.70. The number of hydrogen-bond donors (Lipinski definition) is 0.